The smallest absolute Gasteiger partial charge is 0.269 e. The van der Waals surface area contributed by atoms with Crippen molar-refractivity contribution in [3.05, 3.63) is 63.7 Å². The lowest BCUT2D eigenvalue weighted by Crippen LogP contribution is -2.34. The van der Waals surface area contributed by atoms with Crippen LogP contribution in [0.4, 0.5) is 11.4 Å². The zero-order valence-electron chi connectivity index (χ0n) is 16.5. The van der Waals surface area contributed by atoms with Crippen molar-refractivity contribution in [2.24, 2.45) is 5.92 Å². The summed E-state index contributed by atoms with van der Waals surface area (Å²) < 4.78 is 5.36. The van der Waals surface area contributed by atoms with Crippen LogP contribution in [0.25, 0.3) is 0 Å². The van der Waals surface area contributed by atoms with E-state index in [9.17, 15) is 19.7 Å². The fourth-order valence-electron chi connectivity index (χ4n) is 3.45. The van der Waals surface area contributed by atoms with Gasteiger partial charge in [0.05, 0.1) is 29.7 Å². The van der Waals surface area contributed by atoms with E-state index in [-0.39, 0.29) is 30.5 Å². The number of nitro groups is 1. The predicted octanol–water partition coefficient (Wildman–Crippen LogP) is 3.14. The molecule has 2 aromatic rings. The second-order valence-electron chi connectivity index (χ2n) is 7.16. The molecule has 0 spiro atoms. The van der Waals surface area contributed by atoms with Crippen molar-refractivity contribution in [1.29, 1.82) is 0 Å². The Hall–Kier alpha value is -3.42. The molecule has 0 saturated carbocycles. The molecule has 2 atom stereocenters. The molecule has 1 aliphatic rings. The normalized spacial score (nSPS) is 17.1. The van der Waals surface area contributed by atoms with Gasteiger partial charge in [-0.25, -0.2) is 0 Å². The van der Waals surface area contributed by atoms with E-state index < -0.39 is 16.9 Å². The van der Waals surface area contributed by atoms with E-state index in [0.717, 1.165) is 5.56 Å². The molecule has 1 N–H and O–H groups in total. The lowest BCUT2D eigenvalue weighted by atomic mass is 10.0. The number of nitrogens with one attached hydrogen (secondary N) is 1. The second kappa shape index (κ2) is 8.30. The van der Waals surface area contributed by atoms with Crippen LogP contribution in [0.5, 0.6) is 5.75 Å². The lowest BCUT2D eigenvalue weighted by molar-refractivity contribution is -0.384. The van der Waals surface area contributed by atoms with Crippen LogP contribution in [0, 0.1) is 23.0 Å². The molecule has 1 aliphatic heterocycles. The van der Waals surface area contributed by atoms with Gasteiger partial charge in [0.2, 0.25) is 11.8 Å². The molecule has 8 heteroatoms. The Labute approximate surface area is 168 Å². The number of non-ortho nitro benzene ring substituents is 1. The van der Waals surface area contributed by atoms with E-state index in [2.05, 4.69) is 5.32 Å². The Bertz CT molecular complexity index is 959. The molecule has 2 aromatic carbocycles. The number of hydrogen-bond donors (Lipinski definition) is 1. The summed E-state index contributed by atoms with van der Waals surface area (Å²) in [6, 6.07) is 11.3. The highest BCUT2D eigenvalue weighted by atomic mass is 16.6. The monoisotopic (exact) mass is 397 g/mol. The minimum Gasteiger partial charge on any atom is -0.495 e. The van der Waals surface area contributed by atoms with Gasteiger partial charge in [-0.1, -0.05) is 18.2 Å². The van der Waals surface area contributed by atoms with Crippen LogP contribution in [0.1, 0.15) is 30.5 Å². The maximum atomic E-state index is 12.7. The van der Waals surface area contributed by atoms with Gasteiger partial charge in [0, 0.05) is 25.1 Å². The minimum atomic E-state index is -0.506. The summed E-state index contributed by atoms with van der Waals surface area (Å²) in [7, 11) is 1.54. The fourth-order valence-corrected chi connectivity index (χ4v) is 3.45. The van der Waals surface area contributed by atoms with Gasteiger partial charge in [0.1, 0.15) is 5.75 Å². The molecule has 0 aliphatic carbocycles. The highest BCUT2D eigenvalue weighted by Gasteiger charge is 2.36. The van der Waals surface area contributed by atoms with Crippen LogP contribution in [-0.2, 0) is 9.59 Å². The van der Waals surface area contributed by atoms with Gasteiger partial charge < -0.3 is 15.0 Å². The summed E-state index contributed by atoms with van der Waals surface area (Å²) in [5, 5.41) is 13.8. The third kappa shape index (κ3) is 4.37. The SMILES string of the molecule is COc1ccc(C)cc1N1CC(C(=O)NC(C)c2cccc([N+](=O)[O-])c2)CC1=O. The number of carbonyl (C=O) groups excluding carboxylic acids is 2. The van der Waals surface area contributed by atoms with Crippen LogP contribution in [0.15, 0.2) is 42.5 Å². The zero-order valence-corrected chi connectivity index (χ0v) is 16.5. The van der Waals surface area contributed by atoms with Crippen molar-refractivity contribution < 1.29 is 19.2 Å². The molecule has 8 nitrogen and oxygen atoms in total. The Morgan fingerprint density at radius 3 is 2.76 bits per heavy atom. The third-order valence-corrected chi connectivity index (χ3v) is 5.06. The molecule has 29 heavy (non-hydrogen) atoms. The molecule has 152 valence electrons. The number of ether oxygens (including phenoxy) is 1. The van der Waals surface area contributed by atoms with Crippen molar-refractivity contribution in [3.8, 4) is 5.75 Å². The number of nitro benzene ring substituents is 1. The van der Waals surface area contributed by atoms with Gasteiger partial charge in [0.15, 0.2) is 0 Å². The van der Waals surface area contributed by atoms with Gasteiger partial charge in [0.25, 0.3) is 5.69 Å². The molecule has 0 aromatic heterocycles. The number of hydrogen-bond acceptors (Lipinski definition) is 5. The number of anilines is 1. The molecule has 1 fully saturated rings. The van der Waals surface area contributed by atoms with E-state index in [1.165, 1.54) is 12.1 Å². The summed E-state index contributed by atoms with van der Waals surface area (Å²) in [4.78, 5) is 37.4. The third-order valence-electron chi connectivity index (χ3n) is 5.06. The van der Waals surface area contributed by atoms with Crippen LogP contribution in [-0.4, -0.2) is 30.4 Å². The molecule has 1 heterocycles. The molecule has 1 saturated heterocycles. The zero-order chi connectivity index (χ0) is 21.1. The Balaban J connectivity index is 1.71. The lowest BCUT2D eigenvalue weighted by Gasteiger charge is -2.21. The first-order valence-electron chi connectivity index (χ1n) is 9.30. The van der Waals surface area contributed by atoms with Crippen molar-refractivity contribution in [2.45, 2.75) is 26.3 Å². The average molecular weight is 397 g/mol. The van der Waals surface area contributed by atoms with Crippen molar-refractivity contribution >= 4 is 23.2 Å². The minimum absolute atomic E-state index is 0.0302. The predicted molar refractivity (Wildman–Crippen MR) is 108 cm³/mol. The Morgan fingerprint density at radius 2 is 2.07 bits per heavy atom. The molecule has 0 bridgehead atoms. The highest BCUT2D eigenvalue weighted by molar-refractivity contribution is 6.01. The number of nitrogens with zero attached hydrogens (tertiary/aromatic N) is 2. The summed E-state index contributed by atoms with van der Waals surface area (Å²) >= 11 is 0. The number of methoxy groups -OCH3 is 1. The molecular formula is C21H23N3O5. The number of aryl methyl sites for hydroxylation is 1. The van der Waals surface area contributed by atoms with Crippen LogP contribution in [0.3, 0.4) is 0 Å². The first kappa shape index (κ1) is 20.3. The second-order valence-corrected chi connectivity index (χ2v) is 7.16. The van der Waals surface area contributed by atoms with Gasteiger partial charge in [-0.3, -0.25) is 19.7 Å². The molecule has 3 rings (SSSR count). The van der Waals surface area contributed by atoms with E-state index in [4.69, 9.17) is 4.74 Å². The Morgan fingerprint density at radius 1 is 1.31 bits per heavy atom. The van der Waals surface area contributed by atoms with Crippen molar-refractivity contribution in [3.63, 3.8) is 0 Å². The van der Waals surface area contributed by atoms with Gasteiger partial charge in [-0.2, -0.15) is 0 Å². The molecule has 2 amide bonds. The average Bonchev–Trinajstić information content (AvgIpc) is 3.09. The van der Waals surface area contributed by atoms with Crippen LogP contribution in [0.2, 0.25) is 0 Å². The first-order chi connectivity index (χ1) is 13.8. The standard InChI is InChI=1S/C21H23N3O5/c1-13-7-8-19(29-3)18(9-13)23-12-16(11-20(23)25)21(26)22-14(2)15-5-4-6-17(10-15)24(27)28/h4-10,14,16H,11-12H2,1-3H3,(H,22,26). The molecular weight excluding hydrogens is 374 g/mol. The largest absolute Gasteiger partial charge is 0.495 e. The maximum absolute atomic E-state index is 12.7. The van der Waals surface area contributed by atoms with Crippen molar-refractivity contribution in [1.82, 2.24) is 5.32 Å². The van der Waals surface area contributed by atoms with E-state index in [1.54, 1.807) is 37.1 Å². The van der Waals surface area contributed by atoms with E-state index in [0.29, 0.717) is 17.0 Å². The van der Waals surface area contributed by atoms with Gasteiger partial charge in [-0.05, 0) is 37.1 Å². The highest BCUT2D eigenvalue weighted by Crippen LogP contribution is 2.34. The molecule has 2 unspecified atom stereocenters. The topological polar surface area (TPSA) is 102 Å². The van der Waals surface area contributed by atoms with E-state index >= 15 is 0 Å². The van der Waals surface area contributed by atoms with Gasteiger partial charge in [-0.15, -0.1) is 0 Å². The number of benzene rings is 2. The van der Waals surface area contributed by atoms with Gasteiger partial charge >= 0.3 is 0 Å². The number of carbonyl (C=O) groups is 2. The quantitative estimate of drug-likeness (QED) is 0.596. The van der Waals surface area contributed by atoms with Crippen LogP contribution < -0.4 is 15.0 Å². The molecule has 0 radical (unpaired) electrons. The number of rotatable bonds is 6. The first-order valence-corrected chi connectivity index (χ1v) is 9.30. The fraction of sp³-hybridized carbons (Fsp3) is 0.333. The summed E-state index contributed by atoms with van der Waals surface area (Å²) in [5.41, 5.74) is 2.24. The van der Waals surface area contributed by atoms with Crippen LogP contribution >= 0.6 is 0 Å². The Kier molecular flexibility index (Phi) is 5.81. The number of amides is 2. The van der Waals surface area contributed by atoms with Crippen molar-refractivity contribution in [2.75, 3.05) is 18.6 Å². The maximum Gasteiger partial charge on any atom is 0.269 e. The van der Waals surface area contributed by atoms with E-state index in [1.807, 2.05) is 19.1 Å². The summed E-state index contributed by atoms with van der Waals surface area (Å²) in [6.07, 6.45) is 0.102. The summed E-state index contributed by atoms with van der Waals surface area (Å²) in [6.45, 7) is 3.94. The summed E-state index contributed by atoms with van der Waals surface area (Å²) in [5.74, 6) is -0.327.